The number of benzene rings is 1. The number of hydrogen-bond donors (Lipinski definition) is 1. The highest BCUT2D eigenvalue weighted by molar-refractivity contribution is 5.36. The molecule has 0 bridgehead atoms. The Labute approximate surface area is 80.2 Å². The van der Waals surface area contributed by atoms with Crippen LogP contribution in [-0.2, 0) is 13.0 Å². The van der Waals surface area contributed by atoms with Gasteiger partial charge in [-0.05, 0) is 29.0 Å². The van der Waals surface area contributed by atoms with Crippen molar-refractivity contribution in [1.82, 2.24) is 5.32 Å². The predicted octanol–water partition coefficient (Wildman–Crippen LogP) is 2.46. The fourth-order valence-electron chi connectivity index (χ4n) is 2.05. The first-order valence-electron chi connectivity index (χ1n) is 5.13. The third-order valence-electron chi connectivity index (χ3n) is 2.91. The summed E-state index contributed by atoms with van der Waals surface area (Å²) in [4.78, 5) is 0. The molecule has 0 aromatic heterocycles. The molecule has 1 heterocycles. The Morgan fingerprint density at radius 2 is 2.31 bits per heavy atom. The van der Waals surface area contributed by atoms with Gasteiger partial charge in [-0.15, -0.1) is 0 Å². The minimum absolute atomic E-state index is 0.676. The average molecular weight is 175 g/mol. The number of hydrogen-bond acceptors (Lipinski definition) is 1. The first kappa shape index (κ1) is 8.76. The van der Waals surface area contributed by atoms with Crippen molar-refractivity contribution in [3.05, 3.63) is 34.9 Å². The molecule has 1 heteroatoms. The SMILES string of the molecule is CCc1ccc2c(c1)CNCC2C. The van der Waals surface area contributed by atoms with Gasteiger partial charge in [-0.3, -0.25) is 0 Å². The van der Waals surface area contributed by atoms with Crippen LogP contribution in [0.1, 0.15) is 36.5 Å². The van der Waals surface area contributed by atoms with Crippen LogP contribution >= 0.6 is 0 Å². The molecule has 70 valence electrons. The molecule has 0 saturated heterocycles. The molecule has 0 fully saturated rings. The summed E-state index contributed by atoms with van der Waals surface area (Å²) in [6.45, 7) is 6.67. The highest BCUT2D eigenvalue weighted by atomic mass is 14.9. The van der Waals surface area contributed by atoms with Gasteiger partial charge >= 0.3 is 0 Å². The summed E-state index contributed by atoms with van der Waals surface area (Å²) in [6.07, 6.45) is 1.14. The highest BCUT2D eigenvalue weighted by Crippen LogP contribution is 2.24. The van der Waals surface area contributed by atoms with E-state index in [0.29, 0.717) is 5.92 Å². The Kier molecular flexibility index (Phi) is 2.36. The molecular weight excluding hydrogens is 158 g/mol. The van der Waals surface area contributed by atoms with Crippen LogP contribution in [0.4, 0.5) is 0 Å². The van der Waals surface area contributed by atoms with Crippen molar-refractivity contribution < 1.29 is 0 Å². The molecule has 0 radical (unpaired) electrons. The van der Waals surface area contributed by atoms with Crippen LogP contribution in [0.15, 0.2) is 18.2 Å². The topological polar surface area (TPSA) is 12.0 Å². The molecule has 1 aliphatic rings. The third kappa shape index (κ3) is 1.61. The lowest BCUT2D eigenvalue weighted by Crippen LogP contribution is -2.26. The Bertz CT molecular complexity index is 304. The minimum atomic E-state index is 0.676. The van der Waals surface area contributed by atoms with E-state index in [1.54, 1.807) is 0 Å². The van der Waals surface area contributed by atoms with Gasteiger partial charge in [0.05, 0.1) is 0 Å². The van der Waals surface area contributed by atoms with Crippen molar-refractivity contribution in [3.63, 3.8) is 0 Å². The summed E-state index contributed by atoms with van der Waals surface area (Å²) in [7, 11) is 0. The van der Waals surface area contributed by atoms with Crippen molar-refractivity contribution in [2.45, 2.75) is 32.7 Å². The zero-order valence-electron chi connectivity index (χ0n) is 8.43. The lowest BCUT2D eigenvalue weighted by molar-refractivity contribution is 0.570. The molecule has 1 nitrogen and oxygen atoms in total. The Balaban J connectivity index is 2.39. The van der Waals surface area contributed by atoms with Crippen molar-refractivity contribution in [2.24, 2.45) is 0 Å². The van der Waals surface area contributed by atoms with Crippen molar-refractivity contribution in [1.29, 1.82) is 0 Å². The second kappa shape index (κ2) is 3.51. The van der Waals surface area contributed by atoms with Gasteiger partial charge in [-0.2, -0.15) is 0 Å². The van der Waals surface area contributed by atoms with Gasteiger partial charge in [0.1, 0.15) is 0 Å². The lowest BCUT2D eigenvalue weighted by Gasteiger charge is -2.23. The van der Waals surface area contributed by atoms with E-state index in [1.165, 1.54) is 16.7 Å². The second-order valence-electron chi connectivity index (χ2n) is 3.92. The molecule has 1 atom stereocenters. The van der Waals surface area contributed by atoms with Gasteiger partial charge in [-0.25, -0.2) is 0 Å². The molecule has 13 heavy (non-hydrogen) atoms. The van der Waals surface area contributed by atoms with Crippen molar-refractivity contribution >= 4 is 0 Å². The maximum absolute atomic E-state index is 3.44. The van der Waals surface area contributed by atoms with Gasteiger partial charge < -0.3 is 5.32 Å². The fraction of sp³-hybridized carbons (Fsp3) is 0.500. The second-order valence-corrected chi connectivity index (χ2v) is 3.92. The van der Waals surface area contributed by atoms with Crippen LogP contribution in [0, 0.1) is 0 Å². The normalized spacial score (nSPS) is 21.2. The van der Waals surface area contributed by atoms with Gasteiger partial charge in [0.2, 0.25) is 0 Å². The van der Waals surface area contributed by atoms with Crippen molar-refractivity contribution in [3.8, 4) is 0 Å². The summed E-state index contributed by atoms with van der Waals surface area (Å²) in [5.41, 5.74) is 4.49. The molecule has 0 spiro atoms. The number of rotatable bonds is 1. The summed E-state index contributed by atoms with van der Waals surface area (Å²) in [5.74, 6) is 0.676. The van der Waals surface area contributed by atoms with E-state index in [-0.39, 0.29) is 0 Å². The molecule has 2 rings (SSSR count). The summed E-state index contributed by atoms with van der Waals surface area (Å²) >= 11 is 0. The minimum Gasteiger partial charge on any atom is -0.312 e. The highest BCUT2D eigenvalue weighted by Gasteiger charge is 2.15. The van der Waals surface area contributed by atoms with Crippen LogP contribution in [0.5, 0.6) is 0 Å². The molecule has 0 amide bonds. The first-order valence-corrected chi connectivity index (χ1v) is 5.13. The first-order chi connectivity index (χ1) is 6.31. The molecular formula is C12H17N. The molecule has 1 unspecified atom stereocenters. The van der Waals surface area contributed by atoms with E-state index in [0.717, 1.165) is 19.5 Å². The molecule has 0 aliphatic carbocycles. The zero-order chi connectivity index (χ0) is 9.26. The van der Waals surface area contributed by atoms with Gasteiger partial charge in [0, 0.05) is 13.1 Å². The van der Waals surface area contributed by atoms with Gasteiger partial charge in [-0.1, -0.05) is 32.0 Å². The van der Waals surface area contributed by atoms with E-state index < -0.39 is 0 Å². The van der Waals surface area contributed by atoms with Crippen LogP contribution in [-0.4, -0.2) is 6.54 Å². The lowest BCUT2D eigenvalue weighted by atomic mass is 9.91. The van der Waals surface area contributed by atoms with Crippen LogP contribution in [0.25, 0.3) is 0 Å². The molecule has 1 aromatic carbocycles. The van der Waals surface area contributed by atoms with E-state index in [2.05, 4.69) is 37.4 Å². The van der Waals surface area contributed by atoms with Crippen molar-refractivity contribution in [2.75, 3.05) is 6.54 Å². The predicted molar refractivity (Wildman–Crippen MR) is 55.9 cm³/mol. The van der Waals surface area contributed by atoms with E-state index in [9.17, 15) is 0 Å². The zero-order valence-corrected chi connectivity index (χ0v) is 8.43. The van der Waals surface area contributed by atoms with E-state index in [1.807, 2.05) is 0 Å². The van der Waals surface area contributed by atoms with Gasteiger partial charge in [0.15, 0.2) is 0 Å². The van der Waals surface area contributed by atoms with Crippen LogP contribution in [0.2, 0.25) is 0 Å². The summed E-state index contributed by atoms with van der Waals surface area (Å²) in [6, 6.07) is 6.92. The third-order valence-corrected chi connectivity index (χ3v) is 2.91. The molecule has 0 saturated carbocycles. The Morgan fingerprint density at radius 1 is 1.46 bits per heavy atom. The smallest absolute Gasteiger partial charge is 0.0208 e. The maximum Gasteiger partial charge on any atom is 0.0208 e. The standard InChI is InChI=1S/C12H17N/c1-3-10-4-5-12-9(2)7-13-8-11(12)6-10/h4-6,9,13H,3,7-8H2,1-2H3. The van der Waals surface area contributed by atoms with E-state index >= 15 is 0 Å². The number of fused-ring (bicyclic) bond motifs is 1. The average Bonchev–Trinajstić information content (AvgIpc) is 2.18. The van der Waals surface area contributed by atoms with Gasteiger partial charge in [0.25, 0.3) is 0 Å². The Hall–Kier alpha value is -0.820. The summed E-state index contributed by atoms with van der Waals surface area (Å²) < 4.78 is 0. The number of aryl methyl sites for hydroxylation is 1. The molecule has 1 aliphatic heterocycles. The van der Waals surface area contributed by atoms with Crippen LogP contribution in [0.3, 0.4) is 0 Å². The quantitative estimate of drug-likeness (QED) is 0.691. The fourth-order valence-corrected chi connectivity index (χ4v) is 2.05. The largest absolute Gasteiger partial charge is 0.312 e. The van der Waals surface area contributed by atoms with E-state index in [4.69, 9.17) is 0 Å². The Morgan fingerprint density at radius 3 is 3.08 bits per heavy atom. The monoisotopic (exact) mass is 175 g/mol. The molecule has 1 aromatic rings. The van der Waals surface area contributed by atoms with Crippen LogP contribution < -0.4 is 5.32 Å². The summed E-state index contributed by atoms with van der Waals surface area (Å²) in [5, 5.41) is 3.44. The molecule has 1 N–H and O–H groups in total. The maximum atomic E-state index is 3.44. The number of nitrogens with one attached hydrogen (secondary N) is 1.